The summed E-state index contributed by atoms with van der Waals surface area (Å²) in [5, 5.41) is 0. The van der Waals surface area contributed by atoms with Crippen molar-refractivity contribution in [2.75, 3.05) is 0 Å². The van der Waals surface area contributed by atoms with E-state index in [1.165, 1.54) is 29.3 Å². The second kappa shape index (κ2) is 2.71. The van der Waals surface area contributed by atoms with Crippen LogP contribution in [0.3, 0.4) is 0 Å². The van der Waals surface area contributed by atoms with Gasteiger partial charge in [-0.15, -0.1) is 0 Å². The molecule has 0 saturated heterocycles. The molecule has 13 heavy (non-hydrogen) atoms. The highest BCUT2D eigenvalue weighted by Gasteiger charge is 2.24. The lowest BCUT2D eigenvalue weighted by Crippen LogP contribution is -2.06. The van der Waals surface area contributed by atoms with Gasteiger partial charge in [-0.3, -0.25) is 0 Å². The lowest BCUT2D eigenvalue weighted by Gasteiger charge is -2.21. The van der Waals surface area contributed by atoms with Crippen LogP contribution >= 0.6 is 15.9 Å². The Kier molecular flexibility index (Phi) is 1.63. The molecule has 0 heterocycles. The van der Waals surface area contributed by atoms with Crippen molar-refractivity contribution in [3.05, 3.63) is 39.4 Å². The largest absolute Gasteiger partial charge is 0.0764 e. The molecule has 66 valence electrons. The van der Waals surface area contributed by atoms with Crippen LogP contribution in [0.4, 0.5) is 0 Å². The van der Waals surface area contributed by atoms with E-state index in [2.05, 4.69) is 40.2 Å². The van der Waals surface area contributed by atoms with E-state index in [9.17, 15) is 0 Å². The van der Waals surface area contributed by atoms with Crippen LogP contribution in [-0.2, 0) is 6.42 Å². The quantitative estimate of drug-likeness (QED) is 0.639. The minimum Gasteiger partial charge on any atom is -0.0764 e. The third-order valence-corrected chi connectivity index (χ3v) is 3.56. The molecule has 0 saturated carbocycles. The van der Waals surface area contributed by atoms with Gasteiger partial charge in [-0.05, 0) is 48.1 Å². The number of hydrogen-bond donors (Lipinski definition) is 0. The van der Waals surface area contributed by atoms with E-state index < -0.39 is 0 Å². The molecule has 0 amide bonds. The van der Waals surface area contributed by atoms with Crippen LogP contribution in [-0.4, -0.2) is 0 Å². The predicted octanol–water partition coefficient (Wildman–Crippen LogP) is 3.90. The molecule has 0 radical (unpaired) electrons. The molecule has 2 aliphatic carbocycles. The van der Waals surface area contributed by atoms with Crippen molar-refractivity contribution in [1.29, 1.82) is 0 Å². The Morgan fingerprint density at radius 1 is 1.31 bits per heavy atom. The van der Waals surface area contributed by atoms with Gasteiger partial charge in [0.05, 0.1) is 0 Å². The van der Waals surface area contributed by atoms with Crippen LogP contribution in [0.1, 0.15) is 35.4 Å². The lowest BCUT2D eigenvalue weighted by molar-refractivity contribution is 0.635. The summed E-state index contributed by atoms with van der Waals surface area (Å²) in [5.74, 6) is 0.729. The van der Waals surface area contributed by atoms with Crippen LogP contribution in [0.25, 0.3) is 6.08 Å². The molecule has 0 aliphatic heterocycles. The number of halogens is 1. The molecule has 2 aliphatic rings. The number of rotatable bonds is 0. The highest BCUT2D eigenvalue weighted by atomic mass is 79.9. The zero-order valence-corrected chi connectivity index (χ0v) is 8.97. The fraction of sp³-hybridized carbons (Fsp3) is 0.333. The Morgan fingerprint density at radius 3 is 3.15 bits per heavy atom. The second-order valence-electron chi connectivity index (χ2n) is 3.93. The molecular weight excluding hydrogens is 224 g/mol. The fourth-order valence-corrected chi connectivity index (χ4v) is 3.09. The molecule has 0 fully saturated rings. The van der Waals surface area contributed by atoms with Gasteiger partial charge in [0.25, 0.3) is 0 Å². The molecule has 0 spiro atoms. The Balaban J connectivity index is 2.28. The van der Waals surface area contributed by atoms with Crippen LogP contribution in [0.2, 0.25) is 0 Å². The highest BCUT2D eigenvalue weighted by molar-refractivity contribution is 9.10. The van der Waals surface area contributed by atoms with Crippen molar-refractivity contribution in [1.82, 2.24) is 0 Å². The highest BCUT2D eigenvalue weighted by Crippen LogP contribution is 2.41. The molecule has 1 aromatic rings. The third-order valence-electron chi connectivity index (χ3n) is 3.10. The van der Waals surface area contributed by atoms with Crippen LogP contribution < -0.4 is 0 Å². The summed E-state index contributed by atoms with van der Waals surface area (Å²) < 4.78 is 1.23. The molecule has 3 rings (SSSR count). The van der Waals surface area contributed by atoms with Gasteiger partial charge in [0, 0.05) is 10.4 Å². The van der Waals surface area contributed by atoms with Gasteiger partial charge in [0.1, 0.15) is 0 Å². The van der Waals surface area contributed by atoms with Crippen molar-refractivity contribution in [2.45, 2.75) is 25.2 Å². The van der Waals surface area contributed by atoms with E-state index in [-0.39, 0.29) is 0 Å². The Hall–Kier alpha value is -0.560. The van der Waals surface area contributed by atoms with E-state index in [1.54, 1.807) is 11.1 Å². The van der Waals surface area contributed by atoms with E-state index in [1.807, 2.05) is 0 Å². The summed E-state index contributed by atoms with van der Waals surface area (Å²) in [6.07, 6.45) is 8.59. The molecule has 1 heteroatoms. The molecule has 1 atom stereocenters. The SMILES string of the molecule is Brc1cc2c3c(c1)CCCC3C=C2. The van der Waals surface area contributed by atoms with Crippen molar-refractivity contribution < 1.29 is 0 Å². The summed E-state index contributed by atoms with van der Waals surface area (Å²) in [7, 11) is 0. The minimum atomic E-state index is 0.729. The van der Waals surface area contributed by atoms with Crippen LogP contribution in [0.5, 0.6) is 0 Å². The smallest absolute Gasteiger partial charge is 0.0184 e. The average molecular weight is 235 g/mol. The average Bonchev–Trinajstić information content (AvgIpc) is 2.50. The third kappa shape index (κ3) is 1.10. The van der Waals surface area contributed by atoms with Gasteiger partial charge in [-0.1, -0.05) is 28.1 Å². The van der Waals surface area contributed by atoms with Gasteiger partial charge >= 0.3 is 0 Å². The standard InChI is InChI=1S/C12H11Br/c13-11-6-9-3-1-2-8-4-5-10(7-11)12(8)9/h4-8H,1-3H2. The molecule has 1 unspecified atom stereocenters. The number of benzene rings is 1. The summed E-state index contributed by atoms with van der Waals surface area (Å²) in [6, 6.07) is 4.53. The van der Waals surface area contributed by atoms with Gasteiger partial charge in [-0.25, -0.2) is 0 Å². The van der Waals surface area contributed by atoms with Gasteiger partial charge in [0.2, 0.25) is 0 Å². The predicted molar refractivity (Wildman–Crippen MR) is 58.9 cm³/mol. The summed E-state index contributed by atoms with van der Waals surface area (Å²) in [5.41, 5.74) is 4.61. The normalized spacial score (nSPS) is 23.3. The second-order valence-corrected chi connectivity index (χ2v) is 4.84. The maximum absolute atomic E-state index is 3.57. The Bertz CT molecular complexity index is 390. The first-order valence-corrected chi connectivity index (χ1v) is 5.64. The first-order valence-electron chi connectivity index (χ1n) is 4.85. The van der Waals surface area contributed by atoms with Crippen molar-refractivity contribution in [2.24, 2.45) is 0 Å². The van der Waals surface area contributed by atoms with Gasteiger partial charge in [-0.2, -0.15) is 0 Å². The van der Waals surface area contributed by atoms with Gasteiger partial charge < -0.3 is 0 Å². The Labute approximate surface area is 86.8 Å². The van der Waals surface area contributed by atoms with Crippen molar-refractivity contribution >= 4 is 22.0 Å². The number of aryl methyl sites for hydroxylation is 1. The first-order chi connectivity index (χ1) is 6.34. The van der Waals surface area contributed by atoms with Crippen LogP contribution in [0, 0.1) is 0 Å². The monoisotopic (exact) mass is 234 g/mol. The zero-order valence-electron chi connectivity index (χ0n) is 7.39. The van der Waals surface area contributed by atoms with E-state index in [0.29, 0.717) is 0 Å². The van der Waals surface area contributed by atoms with Crippen LogP contribution in [0.15, 0.2) is 22.7 Å². The molecule has 0 N–H and O–H groups in total. The van der Waals surface area contributed by atoms with Crippen molar-refractivity contribution in [3.63, 3.8) is 0 Å². The molecule has 0 aromatic heterocycles. The zero-order chi connectivity index (χ0) is 8.84. The molecule has 0 nitrogen and oxygen atoms in total. The minimum absolute atomic E-state index is 0.729. The van der Waals surface area contributed by atoms with E-state index in [0.717, 1.165) is 5.92 Å². The fourth-order valence-electron chi connectivity index (χ4n) is 2.56. The number of hydrogen-bond acceptors (Lipinski definition) is 0. The lowest BCUT2D eigenvalue weighted by atomic mass is 9.84. The molecule has 1 aromatic carbocycles. The van der Waals surface area contributed by atoms with Crippen molar-refractivity contribution in [3.8, 4) is 0 Å². The maximum Gasteiger partial charge on any atom is 0.0184 e. The maximum atomic E-state index is 3.57. The number of allylic oxidation sites excluding steroid dienone is 1. The summed E-state index contributed by atoms with van der Waals surface area (Å²) in [4.78, 5) is 0. The van der Waals surface area contributed by atoms with E-state index >= 15 is 0 Å². The molecular formula is C12H11Br. The summed E-state index contributed by atoms with van der Waals surface area (Å²) in [6.45, 7) is 0. The van der Waals surface area contributed by atoms with E-state index in [4.69, 9.17) is 0 Å². The topological polar surface area (TPSA) is 0 Å². The first kappa shape index (κ1) is 7.81. The molecule has 0 bridgehead atoms. The Morgan fingerprint density at radius 2 is 2.23 bits per heavy atom. The summed E-state index contributed by atoms with van der Waals surface area (Å²) >= 11 is 3.57. The van der Waals surface area contributed by atoms with Gasteiger partial charge in [0.15, 0.2) is 0 Å².